The molecule has 8 nitrogen and oxygen atoms in total. The first-order valence-electron chi connectivity index (χ1n) is 12.4. The Hall–Kier alpha value is -3.71. The lowest BCUT2D eigenvalue weighted by molar-refractivity contribution is -0.127. The van der Waals surface area contributed by atoms with Gasteiger partial charge >= 0.3 is 0 Å². The van der Waals surface area contributed by atoms with Gasteiger partial charge in [-0.3, -0.25) is 24.5 Å². The maximum Gasteiger partial charge on any atom is 0.258 e. The maximum atomic E-state index is 15.0. The van der Waals surface area contributed by atoms with Gasteiger partial charge in [0.2, 0.25) is 17.6 Å². The molecule has 220 valence electrons. The number of hydrogen-bond donors (Lipinski definition) is 2. The Kier molecular flexibility index (Phi) is 6.18. The van der Waals surface area contributed by atoms with Crippen LogP contribution in [0.5, 0.6) is 11.5 Å². The van der Waals surface area contributed by atoms with Crippen LogP contribution in [0.2, 0.25) is 0 Å². The van der Waals surface area contributed by atoms with Crippen molar-refractivity contribution in [3.63, 3.8) is 0 Å². The summed E-state index contributed by atoms with van der Waals surface area (Å²) in [7, 11) is 1.21. The van der Waals surface area contributed by atoms with Crippen molar-refractivity contribution in [1.82, 2.24) is 5.32 Å². The van der Waals surface area contributed by atoms with Gasteiger partial charge in [0.1, 0.15) is 17.2 Å². The quantitative estimate of drug-likeness (QED) is 0.133. The number of phenols is 1. The van der Waals surface area contributed by atoms with Gasteiger partial charge in [0, 0.05) is 17.5 Å². The molecule has 4 aliphatic rings. The minimum atomic E-state index is -2.68. The predicted octanol–water partition coefficient (Wildman–Crippen LogP) is 3.95. The molecule has 0 unspecified atom stereocenters. The lowest BCUT2D eigenvalue weighted by Gasteiger charge is -2.50. The third-order valence-corrected chi connectivity index (χ3v) is 10.0. The number of fused-ring (bicyclic) bond motifs is 4. The van der Waals surface area contributed by atoms with E-state index in [-0.39, 0.29) is 34.0 Å². The summed E-state index contributed by atoms with van der Waals surface area (Å²) in [5.41, 5.74) is -1.55. The maximum absolute atomic E-state index is 15.0. The fourth-order valence-electron chi connectivity index (χ4n) is 6.76. The molecule has 2 aromatic rings. The highest BCUT2D eigenvalue weighted by atomic mass is 35.5. The highest BCUT2D eigenvalue weighted by molar-refractivity contribution is 6.58. The van der Waals surface area contributed by atoms with Crippen LogP contribution in [0.3, 0.4) is 0 Å². The van der Waals surface area contributed by atoms with E-state index in [1.54, 1.807) is 6.08 Å². The van der Waals surface area contributed by atoms with Crippen LogP contribution in [-0.2, 0) is 19.2 Å². The van der Waals surface area contributed by atoms with Gasteiger partial charge < -0.3 is 9.84 Å². The Morgan fingerprint density at radius 3 is 2.17 bits per heavy atom. The van der Waals surface area contributed by atoms with Crippen molar-refractivity contribution < 1.29 is 51.0 Å². The molecule has 2 saturated heterocycles. The summed E-state index contributed by atoms with van der Waals surface area (Å²) < 4.78 is 77.6. The lowest BCUT2D eigenvalue weighted by atomic mass is 9.56. The molecule has 2 N–H and O–H groups in total. The summed E-state index contributed by atoms with van der Waals surface area (Å²) in [6.07, 6.45) is 0.941. The molecule has 0 radical (unpaired) electrons. The van der Waals surface area contributed by atoms with E-state index in [1.807, 2.05) is 0 Å². The molecule has 2 aromatic carbocycles. The Morgan fingerprint density at radius 2 is 1.55 bits per heavy atom. The van der Waals surface area contributed by atoms with Crippen LogP contribution in [0.25, 0.3) is 0 Å². The lowest BCUT2D eigenvalue weighted by Crippen LogP contribution is -2.60. The van der Waals surface area contributed by atoms with Gasteiger partial charge in [-0.25, -0.2) is 26.9 Å². The number of rotatable bonds is 3. The molecule has 4 amide bonds. The van der Waals surface area contributed by atoms with E-state index in [2.05, 4.69) is 5.32 Å². The average Bonchev–Trinajstić information content (AvgIpc) is 3.33. The molecule has 42 heavy (non-hydrogen) atoms. The van der Waals surface area contributed by atoms with Crippen molar-refractivity contribution >= 4 is 52.5 Å². The number of halogens is 7. The molecule has 6 atom stereocenters. The van der Waals surface area contributed by atoms with Crippen molar-refractivity contribution in [3.05, 3.63) is 64.5 Å². The molecular weight excluding hydrogens is 614 g/mol. The highest BCUT2D eigenvalue weighted by Gasteiger charge is 2.77. The van der Waals surface area contributed by atoms with E-state index in [0.29, 0.717) is 0 Å². The number of nitrogens with one attached hydrogen (secondary N) is 1. The zero-order chi connectivity index (χ0) is 30.6. The van der Waals surface area contributed by atoms with Crippen LogP contribution in [0.15, 0.2) is 29.8 Å². The van der Waals surface area contributed by atoms with Gasteiger partial charge in [0.15, 0.2) is 33.0 Å². The van der Waals surface area contributed by atoms with E-state index < -0.39 is 98.2 Å². The number of anilines is 1. The Bertz CT molecular complexity index is 1660. The smallest absolute Gasteiger partial charge is 0.258 e. The molecule has 3 fully saturated rings. The number of aromatic hydroxyl groups is 1. The number of hydrogen-bond acceptors (Lipinski definition) is 6. The van der Waals surface area contributed by atoms with E-state index in [4.69, 9.17) is 27.9 Å². The van der Waals surface area contributed by atoms with Crippen LogP contribution in [-0.4, -0.2) is 45.6 Å². The monoisotopic (exact) mass is 630 g/mol. The van der Waals surface area contributed by atoms with Gasteiger partial charge in [-0.1, -0.05) is 17.7 Å². The average molecular weight is 631 g/mol. The number of phenolic OH excluding ortho intramolecular Hbond substituents is 1. The van der Waals surface area contributed by atoms with E-state index >= 15 is 0 Å². The minimum absolute atomic E-state index is 0.0106. The summed E-state index contributed by atoms with van der Waals surface area (Å²) in [6.45, 7) is 0. The standard InChI is InChI=1S/C27H17Cl2F5N2O6/c1-42-13-6-8(37)2-3-10(13)15-9-4-5-11-14(23(39)35-22(11)38)12(9)7-26(28)24(40)36(25(41)27(15,26)29)21-19(33)17(31)16(30)18(32)20(21)34/h2-4,6,11-12,14-15,37H,5,7H2,1H3,(H,35,38,39)/t11-,12+,14-,15+,26+,27-/m0/s1. The van der Waals surface area contributed by atoms with Gasteiger partial charge in [0.05, 0.1) is 18.9 Å². The molecule has 2 aliphatic heterocycles. The summed E-state index contributed by atoms with van der Waals surface area (Å²) >= 11 is 13.9. The normalized spacial score (nSPS) is 31.9. The third-order valence-electron chi connectivity index (χ3n) is 8.59. The third kappa shape index (κ3) is 3.34. The number of carbonyl (C=O) groups excluding carboxylic acids is 4. The van der Waals surface area contributed by atoms with Crippen molar-refractivity contribution in [1.29, 1.82) is 0 Å². The number of imide groups is 2. The van der Waals surface area contributed by atoms with Crippen LogP contribution in [0.1, 0.15) is 24.3 Å². The summed E-state index contributed by atoms with van der Waals surface area (Å²) in [6, 6.07) is 3.63. The minimum Gasteiger partial charge on any atom is -0.508 e. The van der Waals surface area contributed by atoms with Crippen molar-refractivity contribution in [2.45, 2.75) is 28.5 Å². The second-order valence-corrected chi connectivity index (χ2v) is 11.7. The second-order valence-electron chi connectivity index (χ2n) is 10.5. The highest BCUT2D eigenvalue weighted by Crippen LogP contribution is 2.66. The number of amides is 4. The number of ether oxygens (including phenoxy) is 1. The van der Waals surface area contributed by atoms with Crippen LogP contribution in [0.4, 0.5) is 27.6 Å². The number of benzene rings is 2. The first-order valence-corrected chi connectivity index (χ1v) is 13.2. The topological polar surface area (TPSA) is 113 Å². The second kappa shape index (κ2) is 9.14. The predicted molar refractivity (Wildman–Crippen MR) is 134 cm³/mol. The Morgan fingerprint density at radius 1 is 0.929 bits per heavy atom. The molecule has 0 spiro atoms. The van der Waals surface area contributed by atoms with Crippen molar-refractivity contribution in [3.8, 4) is 11.5 Å². The molecule has 6 rings (SSSR count). The van der Waals surface area contributed by atoms with Gasteiger partial charge in [0.25, 0.3) is 11.8 Å². The molecular formula is C27H17Cl2F5N2O6. The number of nitrogens with zero attached hydrogens (tertiary/aromatic N) is 1. The Labute approximate surface area is 243 Å². The molecule has 0 aromatic heterocycles. The van der Waals surface area contributed by atoms with E-state index in [0.717, 1.165) is 6.07 Å². The van der Waals surface area contributed by atoms with Gasteiger partial charge in [-0.05, 0) is 24.8 Å². The van der Waals surface area contributed by atoms with E-state index in [9.17, 15) is 46.2 Å². The summed E-state index contributed by atoms with van der Waals surface area (Å²) in [4.78, 5) is 47.9. The summed E-state index contributed by atoms with van der Waals surface area (Å²) in [5.74, 6) is -21.6. The number of carbonyl (C=O) groups is 4. The zero-order valence-electron chi connectivity index (χ0n) is 21.1. The first-order chi connectivity index (χ1) is 19.7. The van der Waals surface area contributed by atoms with Gasteiger partial charge in [-0.2, -0.15) is 0 Å². The van der Waals surface area contributed by atoms with Gasteiger partial charge in [-0.15, -0.1) is 23.2 Å². The van der Waals surface area contributed by atoms with Crippen LogP contribution in [0, 0.1) is 46.8 Å². The largest absolute Gasteiger partial charge is 0.508 e. The molecule has 1 saturated carbocycles. The number of allylic oxidation sites excluding steroid dienone is 2. The molecule has 0 bridgehead atoms. The fourth-order valence-corrected chi connectivity index (χ4v) is 7.69. The zero-order valence-corrected chi connectivity index (χ0v) is 22.6. The molecule has 15 heteroatoms. The number of alkyl halides is 2. The molecule has 2 aliphatic carbocycles. The summed E-state index contributed by atoms with van der Waals surface area (Å²) in [5, 5.41) is 12.3. The van der Waals surface area contributed by atoms with Crippen LogP contribution < -0.4 is 15.0 Å². The Balaban J connectivity index is 1.64. The van der Waals surface area contributed by atoms with Crippen molar-refractivity contribution in [2.75, 3.05) is 12.0 Å². The first kappa shape index (κ1) is 28.4. The van der Waals surface area contributed by atoms with Crippen molar-refractivity contribution in [2.24, 2.45) is 17.8 Å². The fraction of sp³-hybridized carbons (Fsp3) is 0.333. The van der Waals surface area contributed by atoms with E-state index in [1.165, 1.54) is 19.2 Å². The SMILES string of the molecule is COc1cc(O)ccc1[C@H]1C2=CC[C@@H]3C(=O)NC(=O)[C@@H]3[C@@H]2C[C@@]2(Cl)C(=O)N(c3c(F)c(F)c(F)c(F)c3F)C(=O)[C@@]12Cl. The number of methoxy groups -OCH3 is 1. The van der Waals surface area contributed by atoms with Crippen LogP contribution >= 0.6 is 23.2 Å². The molecule has 2 heterocycles.